The molecule has 2 heteroatoms. The Hall–Kier alpha value is -0.600. The van der Waals surface area contributed by atoms with E-state index in [0.29, 0.717) is 0 Å². The van der Waals surface area contributed by atoms with E-state index in [1.54, 1.807) is 0 Å². The van der Waals surface area contributed by atoms with Gasteiger partial charge in [-0.3, -0.25) is 5.26 Å². The van der Waals surface area contributed by atoms with Crippen LogP contribution in [-0.4, -0.2) is 11.4 Å². The Labute approximate surface area is 68.1 Å². The summed E-state index contributed by atoms with van der Waals surface area (Å²) in [5, 5.41) is 8.42. The van der Waals surface area contributed by atoms with Crippen LogP contribution in [0.3, 0.4) is 0 Å². The first-order valence-electron chi connectivity index (χ1n) is 3.68. The summed E-state index contributed by atoms with van der Waals surface area (Å²) in [6.07, 6.45) is 1.37. The first-order valence-corrected chi connectivity index (χ1v) is 3.68. The molecule has 0 saturated heterocycles. The van der Waals surface area contributed by atoms with E-state index in [9.17, 15) is 0 Å². The van der Waals surface area contributed by atoms with Crippen LogP contribution >= 0.6 is 0 Å². The van der Waals surface area contributed by atoms with E-state index in [1.807, 2.05) is 13.8 Å². The normalized spacial score (nSPS) is 12.6. The summed E-state index contributed by atoms with van der Waals surface area (Å²) in [7, 11) is 0. The molecule has 0 aromatic heterocycles. The lowest BCUT2D eigenvalue weighted by Gasteiger charge is -2.12. The van der Waals surface area contributed by atoms with Crippen molar-refractivity contribution in [2.75, 3.05) is 0 Å². The van der Waals surface area contributed by atoms with Crippen molar-refractivity contribution >= 4 is 0 Å². The van der Waals surface area contributed by atoms with Gasteiger partial charge in [0.25, 0.3) is 0 Å². The highest BCUT2D eigenvalue weighted by molar-refractivity contribution is 4.99. The molecule has 0 aliphatic carbocycles. The van der Waals surface area contributed by atoms with Gasteiger partial charge in [0.2, 0.25) is 0 Å². The van der Waals surface area contributed by atoms with Crippen molar-refractivity contribution in [1.29, 1.82) is 0 Å². The number of allylic oxidation sites excluding steroid dienone is 1. The predicted octanol–water partition coefficient (Wildman–Crippen LogP) is 2.78. The van der Waals surface area contributed by atoms with Gasteiger partial charge in [-0.15, -0.1) is 6.58 Å². The Bertz CT molecular complexity index is 150. The Balaban J connectivity index is 3.70. The molecule has 0 fully saturated rings. The standard InChI is InChI=1S/C9H16O2/c1-7(2)5-6-9(11-10)8(3)4/h9-10H,1,3,5-6H2,2,4H3. The maximum absolute atomic E-state index is 8.42. The van der Waals surface area contributed by atoms with Crippen LogP contribution < -0.4 is 0 Å². The lowest BCUT2D eigenvalue weighted by molar-refractivity contribution is -0.269. The average molecular weight is 156 g/mol. The van der Waals surface area contributed by atoms with Crippen molar-refractivity contribution in [2.24, 2.45) is 0 Å². The topological polar surface area (TPSA) is 29.5 Å². The predicted molar refractivity (Wildman–Crippen MR) is 46.4 cm³/mol. The summed E-state index contributed by atoms with van der Waals surface area (Å²) in [5.41, 5.74) is 1.93. The zero-order chi connectivity index (χ0) is 8.85. The quantitative estimate of drug-likeness (QED) is 0.377. The van der Waals surface area contributed by atoms with Gasteiger partial charge in [0.15, 0.2) is 0 Å². The Morgan fingerprint density at radius 3 is 2.27 bits per heavy atom. The van der Waals surface area contributed by atoms with Gasteiger partial charge < -0.3 is 0 Å². The minimum atomic E-state index is -0.244. The molecule has 1 unspecified atom stereocenters. The maximum Gasteiger partial charge on any atom is 0.113 e. The van der Waals surface area contributed by atoms with Gasteiger partial charge in [-0.1, -0.05) is 12.2 Å². The Morgan fingerprint density at radius 1 is 1.45 bits per heavy atom. The lowest BCUT2D eigenvalue weighted by Crippen LogP contribution is -2.11. The second-order valence-electron chi connectivity index (χ2n) is 2.94. The van der Waals surface area contributed by atoms with Crippen LogP contribution in [-0.2, 0) is 4.89 Å². The summed E-state index contributed by atoms with van der Waals surface area (Å²) >= 11 is 0. The molecule has 0 rings (SSSR count). The first kappa shape index (κ1) is 10.4. The maximum atomic E-state index is 8.42. The van der Waals surface area contributed by atoms with E-state index in [2.05, 4.69) is 18.0 Å². The molecule has 64 valence electrons. The molecule has 1 atom stereocenters. The molecular weight excluding hydrogens is 140 g/mol. The molecule has 0 heterocycles. The largest absolute Gasteiger partial charge is 0.251 e. The highest BCUT2D eigenvalue weighted by Gasteiger charge is 2.08. The van der Waals surface area contributed by atoms with Crippen LogP contribution in [0.1, 0.15) is 26.7 Å². The molecule has 2 nitrogen and oxygen atoms in total. The number of rotatable bonds is 5. The molecule has 0 saturated carbocycles. The fraction of sp³-hybridized carbons (Fsp3) is 0.556. The van der Waals surface area contributed by atoms with Crippen molar-refractivity contribution in [2.45, 2.75) is 32.8 Å². The van der Waals surface area contributed by atoms with Gasteiger partial charge in [0, 0.05) is 0 Å². The lowest BCUT2D eigenvalue weighted by atomic mass is 10.1. The third kappa shape index (κ3) is 4.76. The van der Waals surface area contributed by atoms with Gasteiger partial charge in [-0.25, -0.2) is 4.89 Å². The van der Waals surface area contributed by atoms with E-state index in [4.69, 9.17) is 5.26 Å². The zero-order valence-electron chi connectivity index (χ0n) is 7.26. The summed E-state index contributed by atoms with van der Waals surface area (Å²) in [6.45, 7) is 11.2. The van der Waals surface area contributed by atoms with Gasteiger partial charge in [0.1, 0.15) is 6.10 Å². The molecular formula is C9H16O2. The monoisotopic (exact) mass is 156 g/mol. The van der Waals surface area contributed by atoms with E-state index >= 15 is 0 Å². The Morgan fingerprint density at radius 2 is 2.00 bits per heavy atom. The highest BCUT2D eigenvalue weighted by atomic mass is 17.1. The second kappa shape index (κ2) is 5.10. The molecule has 0 radical (unpaired) electrons. The van der Waals surface area contributed by atoms with Crippen LogP contribution in [0, 0.1) is 0 Å². The van der Waals surface area contributed by atoms with E-state index in [1.165, 1.54) is 0 Å². The molecule has 0 aliphatic heterocycles. The van der Waals surface area contributed by atoms with Gasteiger partial charge in [-0.05, 0) is 32.3 Å². The molecule has 11 heavy (non-hydrogen) atoms. The van der Waals surface area contributed by atoms with Gasteiger partial charge in [-0.2, -0.15) is 0 Å². The van der Waals surface area contributed by atoms with Crippen molar-refractivity contribution in [3.8, 4) is 0 Å². The minimum absolute atomic E-state index is 0.244. The molecule has 0 aromatic rings. The van der Waals surface area contributed by atoms with Crippen LogP contribution in [0.5, 0.6) is 0 Å². The van der Waals surface area contributed by atoms with Crippen LogP contribution in [0.15, 0.2) is 24.3 Å². The molecule has 0 spiro atoms. The van der Waals surface area contributed by atoms with Crippen molar-refractivity contribution in [1.82, 2.24) is 0 Å². The molecule has 0 amide bonds. The minimum Gasteiger partial charge on any atom is -0.251 e. The van der Waals surface area contributed by atoms with E-state index in [-0.39, 0.29) is 6.10 Å². The molecule has 0 aromatic carbocycles. The molecule has 1 N–H and O–H groups in total. The van der Waals surface area contributed by atoms with Gasteiger partial charge >= 0.3 is 0 Å². The smallest absolute Gasteiger partial charge is 0.113 e. The third-order valence-electron chi connectivity index (χ3n) is 1.51. The Kier molecular flexibility index (Phi) is 4.83. The van der Waals surface area contributed by atoms with Crippen LogP contribution in [0.25, 0.3) is 0 Å². The van der Waals surface area contributed by atoms with E-state index in [0.717, 1.165) is 24.0 Å². The molecule has 0 bridgehead atoms. The third-order valence-corrected chi connectivity index (χ3v) is 1.51. The van der Waals surface area contributed by atoms with Crippen molar-refractivity contribution < 1.29 is 10.1 Å². The van der Waals surface area contributed by atoms with Gasteiger partial charge in [0.05, 0.1) is 0 Å². The fourth-order valence-electron chi connectivity index (χ4n) is 0.767. The molecule has 0 aliphatic rings. The average Bonchev–Trinajstić information content (AvgIpc) is 1.87. The summed E-state index contributed by atoms with van der Waals surface area (Å²) in [5.74, 6) is 0. The summed E-state index contributed by atoms with van der Waals surface area (Å²) in [4.78, 5) is 4.22. The summed E-state index contributed by atoms with van der Waals surface area (Å²) < 4.78 is 0. The SMILES string of the molecule is C=C(C)CCC(OO)C(=C)C. The van der Waals surface area contributed by atoms with Crippen LogP contribution in [0.2, 0.25) is 0 Å². The fourth-order valence-corrected chi connectivity index (χ4v) is 0.767. The van der Waals surface area contributed by atoms with Crippen molar-refractivity contribution in [3.63, 3.8) is 0 Å². The highest BCUT2D eigenvalue weighted by Crippen LogP contribution is 2.12. The number of hydrogen-bond acceptors (Lipinski definition) is 2. The van der Waals surface area contributed by atoms with Crippen molar-refractivity contribution in [3.05, 3.63) is 24.3 Å². The number of hydrogen-bond donors (Lipinski definition) is 1. The van der Waals surface area contributed by atoms with Crippen LogP contribution in [0.4, 0.5) is 0 Å². The van der Waals surface area contributed by atoms with E-state index < -0.39 is 0 Å². The zero-order valence-corrected chi connectivity index (χ0v) is 7.26. The first-order chi connectivity index (χ1) is 5.07. The second-order valence-corrected chi connectivity index (χ2v) is 2.94. The summed E-state index contributed by atoms with van der Waals surface area (Å²) in [6, 6.07) is 0.